The highest BCUT2D eigenvalue weighted by Crippen LogP contribution is 2.10. The van der Waals surface area contributed by atoms with Crippen LogP contribution in [0.1, 0.15) is 11.1 Å². The average molecular weight is 492 g/mol. The normalized spacial score (nSPS) is 10.8. The van der Waals surface area contributed by atoms with Gasteiger partial charge in [0, 0.05) is 32.2 Å². The van der Waals surface area contributed by atoms with E-state index in [1.165, 1.54) is 11.1 Å². The lowest BCUT2D eigenvalue weighted by atomic mass is 10.1. The van der Waals surface area contributed by atoms with Gasteiger partial charge in [-0.2, -0.15) is 5.10 Å². The van der Waals surface area contributed by atoms with Crippen molar-refractivity contribution in [3.8, 4) is 5.75 Å². The molecule has 0 aliphatic heterocycles. The summed E-state index contributed by atoms with van der Waals surface area (Å²) in [4.78, 5) is 8.29. The molecule has 8 heteroatoms. The van der Waals surface area contributed by atoms with Gasteiger partial charge in [0.2, 0.25) is 0 Å². The second kappa shape index (κ2) is 12.0. The minimum Gasteiger partial charge on any atom is -0.490 e. The Balaban J connectivity index is 0.00000280. The van der Waals surface area contributed by atoms with Gasteiger partial charge in [-0.3, -0.25) is 14.7 Å². The fraction of sp³-hybridized carbons (Fsp3) is 0.250. The molecule has 2 heterocycles. The smallest absolute Gasteiger partial charge is 0.191 e. The van der Waals surface area contributed by atoms with Crippen LogP contribution in [0.4, 0.5) is 0 Å². The van der Waals surface area contributed by atoms with Crippen molar-refractivity contribution in [3.63, 3.8) is 0 Å². The third-order valence-electron chi connectivity index (χ3n) is 3.98. The Bertz CT molecular complexity index is 839. The Kier molecular flexibility index (Phi) is 9.26. The van der Waals surface area contributed by atoms with Crippen LogP contribution in [0.15, 0.2) is 72.2 Å². The van der Waals surface area contributed by atoms with E-state index in [1.54, 1.807) is 25.6 Å². The Labute approximate surface area is 182 Å². The highest BCUT2D eigenvalue weighted by Gasteiger charge is 2.04. The zero-order chi connectivity index (χ0) is 18.7. The van der Waals surface area contributed by atoms with Gasteiger partial charge in [0.05, 0.1) is 19.3 Å². The van der Waals surface area contributed by atoms with E-state index in [0.717, 1.165) is 18.3 Å². The van der Waals surface area contributed by atoms with Crippen LogP contribution >= 0.6 is 24.0 Å². The summed E-state index contributed by atoms with van der Waals surface area (Å²) in [6.45, 7) is 2.60. The fourth-order valence-corrected chi connectivity index (χ4v) is 2.62. The highest BCUT2D eigenvalue weighted by atomic mass is 127. The number of benzene rings is 1. The molecule has 0 fully saturated rings. The number of halogens is 1. The highest BCUT2D eigenvalue weighted by molar-refractivity contribution is 14.0. The molecule has 28 heavy (non-hydrogen) atoms. The summed E-state index contributed by atoms with van der Waals surface area (Å²) in [5, 5.41) is 10.9. The van der Waals surface area contributed by atoms with Crippen LogP contribution in [-0.4, -0.2) is 40.9 Å². The Morgan fingerprint density at radius 2 is 1.93 bits per heavy atom. The van der Waals surface area contributed by atoms with Crippen molar-refractivity contribution in [3.05, 3.63) is 78.4 Å². The van der Waals surface area contributed by atoms with Crippen LogP contribution in [0.25, 0.3) is 0 Å². The molecule has 2 N–H and O–H groups in total. The molecular weight excluding hydrogens is 467 g/mol. The second-order valence-corrected chi connectivity index (χ2v) is 5.86. The minimum absolute atomic E-state index is 0. The van der Waals surface area contributed by atoms with Crippen molar-refractivity contribution in [2.75, 3.05) is 20.2 Å². The van der Waals surface area contributed by atoms with Crippen molar-refractivity contribution in [2.45, 2.75) is 13.1 Å². The average Bonchev–Trinajstić information content (AvgIpc) is 3.22. The van der Waals surface area contributed by atoms with Gasteiger partial charge >= 0.3 is 0 Å². The lowest BCUT2D eigenvalue weighted by Crippen LogP contribution is -2.39. The van der Waals surface area contributed by atoms with E-state index in [4.69, 9.17) is 4.74 Å². The predicted molar refractivity (Wildman–Crippen MR) is 121 cm³/mol. The van der Waals surface area contributed by atoms with Crippen molar-refractivity contribution in [1.29, 1.82) is 0 Å². The fourth-order valence-electron chi connectivity index (χ4n) is 2.62. The summed E-state index contributed by atoms with van der Waals surface area (Å²) in [5.74, 6) is 1.49. The molecular formula is C20H25IN6O. The lowest BCUT2D eigenvalue weighted by Gasteiger charge is -2.14. The van der Waals surface area contributed by atoms with Gasteiger partial charge in [-0.25, -0.2) is 0 Å². The van der Waals surface area contributed by atoms with Gasteiger partial charge in [0.1, 0.15) is 12.4 Å². The Hall–Kier alpha value is -2.62. The van der Waals surface area contributed by atoms with Gasteiger partial charge in [0.25, 0.3) is 0 Å². The number of aromatic nitrogens is 3. The van der Waals surface area contributed by atoms with Crippen molar-refractivity contribution < 1.29 is 4.74 Å². The molecule has 0 spiro atoms. The summed E-state index contributed by atoms with van der Waals surface area (Å²) in [6, 6.07) is 14.0. The molecule has 7 nitrogen and oxygen atoms in total. The standard InChI is InChI=1S/C20H24N6O.HI/c1-21-20(23-11-13-27-19-8-4-9-22-15-19)24-14-17-6-2-3-7-18(17)16-26-12-5-10-25-26;/h2-10,12,15H,11,13-14,16H2,1H3,(H2,21,23,24);1H. The predicted octanol–water partition coefficient (Wildman–Crippen LogP) is 2.69. The number of nitrogens with one attached hydrogen (secondary N) is 2. The maximum absolute atomic E-state index is 5.62. The summed E-state index contributed by atoms with van der Waals surface area (Å²) < 4.78 is 7.54. The molecule has 0 saturated carbocycles. The monoisotopic (exact) mass is 492 g/mol. The topological polar surface area (TPSA) is 76.4 Å². The largest absolute Gasteiger partial charge is 0.490 e. The molecule has 0 amide bonds. The number of hydrogen-bond acceptors (Lipinski definition) is 4. The number of guanidine groups is 1. The van der Waals surface area contributed by atoms with Gasteiger partial charge in [-0.05, 0) is 29.3 Å². The molecule has 0 aliphatic carbocycles. The molecule has 3 rings (SSSR count). The van der Waals surface area contributed by atoms with Crippen molar-refractivity contribution >= 4 is 29.9 Å². The van der Waals surface area contributed by atoms with E-state index in [0.29, 0.717) is 19.7 Å². The first-order chi connectivity index (χ1) is 13.3. The SMILES string of the molecule is CN=C(NCCOc1cccnc1)NCc1ccccc1Cn1cccn1.I. The van der Waals surface area contributed by atoms with E-state index in [-0.39, 0.29) is 24.0 Å². The molecule has 0 radical (unpaired) electrons. The van der Waals surface area contributed by atoms with Crippen LogP contribution in [-0.2, 0) is 13.1 Å². The lowest BCUT2D eigenvalue weighted by molar-refractivity contribution is 0.320. The molecule has 0 atom stereocenters. The molecule has 148 valence electrons. The van der Waals surface area contributed by atoms with Crippen LogP contribution in [0.3, 0.4) is 0 Å². The molecule has 3 aromatic rings. The molecule has 0 bridgehead atoms. The van der Waals surface area contributed by atoms with E-state index in [2.05, 4.69) is 37.8 Å². The van der Waals surface area contributed by atoms with Crippen LogP contribution in [0.5, 0.6) is 5.75 Å². The maximum atomic E-state index is 5.62. The third-order valence-corrected chi connectivity index (χ3v) is 3.98. The van der Waals surface area contributed by atoms with E-state index < -0.39 is 0 Å². The summed E-state index contributed by atoms with van der Waals surface area (Å²) in [5.41, 5.74) is 2.44. The van der Waals surface area contributed by atoms with Crippen LogP contribution in [0.2, 0.25) is 0 Å². The Morgan fingerprint density at radius 1 is 1.07 bits per heavy atom. The molecule has 0 saturated heterocycles. The molecule has 0 unspecified atom stereocenters. The van der Waals surface area contributed by atoms with Gasteiger partial charge in [-0.15, -0.1) is 24.0 Å². The molecule has 1 aromatic carbocycles. The Morgan fingerprint density at radius 3 is 2.64 bits per heavy atom. The van der Waals surface area contributed by atoms with E-state index >= 15 is 0 Å². The zero-order valence-electron chi connectivity index (χ0n) is 15.8. The van der Waals surface area contributed by atoms with Gasteiger partial charge in [-0.1, -0.05) is 24.3 Å². The van der Waals surface area contributed by atoms with Gasteiger partial charge in [0.15, 0.2) is 5.96 Å². The number of hydrogen-bond donors (Lipinski definition) is 2. The third kappa shape index (κ3) is 6.84. The number of aliphatic imine (C=N–C) groups is 1. The van der Waals surface area contributed by atoms with Crippen LogP contribution < -0.4 is 15.4 Å². The van der Waals surface area contributed by atoms with E-state index in [9.17, 15) is 0 Å². The summed E-state index contributed by atoms with van der Waals surface area (Å²) in [7, 11) is 1.76. The quantitative estimate of drug-likeness (QED) is 0.219. The first-order valence-corrected chi connectivity index (χ1v) is 8.86. The second-order valence-electron chi connectivity index (χ2n) is 5.86. The number of nitrogens with zero attached hydrogens (tertiary/aromatic N) is 4. The summed E-state index contributed by atoms with van der Waals surface area (Å²) >= 11 is 0. The number of pyridine rings is 1. The van der Waals surface area contributed by atoms with Crippen molar-refractivity contribution in [2.24, 2.45) is 4.99 Å². The number of ether oxygens (including phenoxy) is 1. The maximum Gasteiger partial charge on any atom is 0.191 e. The van der Waals surface area contributed by atoms with E-state index in [1.807, 2.05) is 41.2 Å². The number of rotatable bonds is 8. The minimum atomic E-state index is 0. The zero-order valence-corrected chi connectivity index (χ0v) is 18.1. The van der Waals surface area contributed by atoms with Crippen molar-refractivity contribution in [1.82, 2.24) is 25.4 Å². The molecule has 0 aliphatic rings. The summed E-state index contributed by atoms with van der Waals surface area (Å²) in [6.07, 6.45) is 7.18. The molecule has 2 aromatic heterocycles. The first kappa shape index (κ1) is 21.7. The first-order valence-electron chi connectivity index (χ1n) is 8.86. The van der Waals surface area contributed by atoms with Crippen LogP contribution in [0, 0.1) is 0 Å². The van der Waals surface area contributed by atoms with Gasteiger partial charge < -0.3 is 15.4 Å².